The van der Waals surface area contributed by atoms with Crippen LogP contribution in [0.1, 0.15) is 30.2 Å². The van der Waals surface area contributed by atoms with E-state index in [4.69, 9.17) is 9.47 Å². The number of hydrogen-bond donors (Lipinski definition) is 0. The van der Waals surface area contributed by atoms with Gasteiger partial charge >= 0.3 is 0 Å². The molecule has 0 amide bonds. The quantitative estimate of drug-likeness (QED) is 0.707. The molecule has 1 aliphatic heterocycles. The highest BCUT2D eigenvalue weighted by molar-refractivity contribution is 9.10. The minimum atomic E-state index is 0.397. The monoisotopic (exact) mass is 376 g/mol. The summed E-state index contributed by atoms with van der Waals surface area (Å²) < 4.78 is 12.0. The van der Waals surface area contributed by atoms with Crippen LogP contribution in [0.2, 0.25) is 0 Å². The Balaban J connectivity index is 2.10. The average molecular weight is 378 g/mol. The molecule has 0 aromatic heterocycles. The van der Waals surface area contributed by atoms with Gasteiger partial charge in [-0.1, -0.05) is 22.0 Å². The van der Waals surface area contributed by atoms with Crippen molar-refractivity contribution in [3.05, 3.63) is 28.2 Å². The van der Waals surface area contributed by atoms with E-state index in [2.05, 4.69) is 44.0 Å². The molecule has 1 unspecified atom stereocenters. The normalized spacial score (nSPS) is 18.6. The molecule has 0 aliphatic carbocycles. The van der Waals surface area contributed by atoms with Crippen LogP contribution in [0.25, 0.3) is 0 Å². The summed E-state index contributed by atoms with van der Waals surface area (Å²) in [6.07, 6.45) is 2.25. The fourth-order valence-corrected chi connectivity index (χ4v) is 3.57. The fraction of sp³-hybridized carbons (Fsp3) is 0.571. The van der Waals surface area contributed by atoms with Crippen molar-refractivity contribution in [3.8, 4) is 5.75 Å². The lowest BCUT2D eigenvalue weighted by molar-refractivity contribution is 0.0662. The summed E-state index contributed by atoms with van der Waals surface area (Å²) in [4.78, 5) is 0.397. The van der Waals surface area contributed by atoms with E-state index in [1.54, 1.807) is 0 Å². The summed E-state index contributed by atoms with van der Waals surface area (Å²) in [5, 5.41) is 0. The highest BCUT2D eigenvalue weighted by atomic mass is 79.9. The zero-order chi connectivity index (χ0) is 13.0. The topological polar surface area (TPSA) is 18.5 Å². The van der Waals surface area contributed by atoms with Crippen molar-refractivity contribution in [1.82, 2.24) is 0 Å². The van der Waals surface area contributed by atoms with Gasteiger partial charge in [0.1, 0.15) is 5.75 Å². The Morgan fingerprint density at radius 3 is 2.72 bits per heavy atom. The van der Waals surface area contributed by atoms with Gasteiger partial charge in [0.25, 0.3) is 0 Å². The van der Waals surface area contributed by atoms with E-state index in [9.17, 15) is 0 Å². The van der Waals surface area contributed by atoms with Gasteiger partial charge < -0.3 is 9.47 Å². The van der Waals surface area contributed by atoms with Gasteiger partial charge in [0, 0.05) is 18.0 Å². The number of benzene rings is 1. The van der Waals surface area contributed by atoms with Gasteiger partial charge in [-0.2, -0.15) is 0 Å². The molecule has 0 spiro atoms. The van der Waals surface area contributed by atoms with Crippen LogP contribution in [0, 0.1) is 5.92 Å². The second-order valence-corrected chi connectivity index (χ2v) is 6.32. The molecule has 2 rings (SSSR count). The van der Waals surface area contributed by atoms with Crippen molar-refractivity contribution in [2.75, 3.05) is 19.8 Å². The Hall–Kier alpha value is -0.0600. The maximum atomic E-state index is 5.53. The molecule has 1 aliphatic rings. The molecular weight excluding hydrogens is 360 g/mol. The first-order valence-electron chi connectivity index (χ1n) is 6.36. The number of alkyl halides is 1. The highest BCUT2D eigenvalue weighted by Gasteiger charge is 2.23. The van der Waals surface area contributed by atoms with Crippen LogP contribution >= 0.6 is 31.9 Å². The van der Waals surface area contributed by atoms with Gasteiger partial charge in [0.15, 0.2) is 0 Å². The zero-order valence-electron chi connectivity index (χ0n) is 10.5. The predicted octanol–water partition coefficient (Wildman–Crippen LogP) is 4.71. The second kappa shape index (κ2) is 6.92. The summed E-state index contributed by atoms with van der Waals surface area (Å²) in [6, 6.07) is 6.33. The zero-order valence-corrected chi connectivity index (χ0v) is 13.7. The first-order chi connectivity index (χ1) is 8.72. The molecule has 0 bridgehead atoms. The third-order valence-corrected chi connectivity index (χ3v) is 5.15. The predicted molar refractivity (Wildman–Crippen MR) is 80.5 cm³/mol. The molecule has 18 heavy (non-hydrogen) atoms. The third kappa shape index (κ3) is 3.49. The molecule has 1 atom stereocenters. The molecule has 0 radical (unpaired) electrons. The van der Waals surface area contributed by atoms with Crippen molar-refractivity contribution in [3.63, 3.8) is 0 Å². The molecule has 2 nitrogen and oxygen atoms in total. The second-order valence-electron chi connectivity index (χ2n) is 4.47. The molecule has 1 fully saturated rings. The number of rotatable bonds is 4. The lowest BCUT2D eigenvalue weighted by Gasteiger charge is -2.27. The Bertz CT molecular complexity index is 389. The van der Waals surface area contributed by atoms with Crippen LogP contribution in [0.15, 0.2) is 22.7 Å². The van der Waals surface area contributed by atoms with Crippen LogP contribution in [0.4, 0.5) is 0 Å². The maximum absolute atomic E-state index is 5.53. The summed E-state index contributed by atoms with van der Waals surface area (Å²) in [6.45, 7) is 4.45. The standard InChI is InChI=1S/C14H18Br2O2/c1-2-18-13-4-3-11(9-12(13)15)14(16)10-5-7-17-8-6-10/h3-4,9-10,14H,2,5-8H2,1H3. The molecule has 1 saturated heterocycles. The molecule has 4 heteroatoms. The van der Waals surface area contributed by atoms with Gasteiger partial charge in [-0.25, -0.2) is 0 Å². The van der Waals surface area contributed by atoms with Crippen molar-refractivity contribution in [2.24, 2.45) is 5.92 Å². The van der Waals surface area contributed by atoms with Crippen molar-refractivity contribution >= 4 is 31.9 Å². The summed E-state index contributed by atoms with van der Waals surface area (Å²) in [7, 11) is 0. The molecule has 1 aromatic rings. The van der Waals surface area contributed by atoms with E-state index in [-0.39, 0.29) is 0 Å². The Labute approximate surface area is 125 Å². The van der Waals surface area contributed by atoms with Crippen LogP contribution in [0.3, 0.4) is 0 Å². The number of halogens is 2. The van der Waals surface area contributed by atoms with Crippen LogP contribution in [-0.4, -0.2) is 19.8 Å². The number of ether oxygens (including phenoxy) is 2. The summed E-state index contributed by atoms with van der Waals surface area (Å²) in [5.74, 6) is 1.57. The molecule has 0 saturated carbocycles. The minimum absolute atomic E-state index is 0.397. The van der Waals surface area contributed by atoms with Crippen LogP contribution in [-0.2, 0) is 4.74 Å². The van der Waals surface area contributed by atoms with E-state index in [0.29, 0.717) is 17.4 Å². The van der Waals surface area contributed by atoms with Crippen LogP contribution < -0.4 is 4.74 Å². The lowest BCUT2D eigenvalue weighted by atomic mass is 9.92. The molecule has 1 aromatic carbocycles. The van der Waals surface area contributed by atoms with E-state index in [1.165, 1.54) is 5.56 Å². The third-order valence-electron chi connectivity index (χ3n) is 3.25. The smallest absolute Gasteiger partial charge is 0.133 e. The first kappa shape index (κ1) is 14.4. The Morgan fingerprint density at radius 1 is 1.39 bits per heavy atom. The SMILES string of the molecule is CCOc1ccc(C(Br)C2CCOCC2)cc1Br. The van der Waals surface area contributed by atoms with Gasteiger partial charge in [-0.15, -0.1) is 0 Å². The Kier molecular flexibility index (Phi) is 5.52. The van der Waals surface area contributed by atoms with Gasteiger partial charge in [0.2, 0.25) is 0 Å². The highest BCUT2D eigenvalue weighted by Crippen LogP contribution is 2.39. The number of hydrogen-bond acceptors (Lipinski definition) is 2. The summed E-state index contributed by atoms with van der Waals surface area (Å²) >= 11 is 7.40. The molecule has 0 N–H and O–H groups in total. The van der Waals surface area contributed by atoms with Crippen molar-refractivity contribution in [2.45, 2.75) is 24.6 Å². The first-order valence-corrected chi connectivity index (χ1v) is 8.07. The van der Waals surface area contributed by atoms with Gasteiger partial charge in [-0.05, 0) is 59.3 Å². The summed E-state index contributed by atoms with van der Waals surface area (Å²) in [5.41, 5.74) is 1.30. The maximum Gasteiger partial charge on any atom is 0.133 e. The van der Waals surface area contributed by atoms with Crippen LogP contribution in [0.5, 0.6) is 5.75 Å². The Morgan fingerprint density at radius 2 is 2.11 bits per heavy atom. The van der Waals surface area contributed by atoms with E-state index in [1.807, 2.05) is 13.0 Å². The molecule has 100 valence electrons. The molecule has 1 heterocycles. The minimum Gasteiger partial charge on any atom is -0.493 e. The molecular formula is C14H18Br2O2. The van der Waals surface area contributed by atoms with Crippen molar-refractivity contribution in [1.29, 1.82) is 0 Å². The average Bonchev–Trinajstić information content (AvgIpc) is 2.41. The van der Waals surface area contributed by atoms with Crippen molar-refractivity contribution < 1.29 is 9.47 Å². The van der Waals surface area contributed by atoms with E-state index in [0.717, 1.165) is 36.3 Å². The van der Waals surface area contributed by atoms with E-state index >= 15 is 0 Å². The van der Waals surface area contributed by atoms with E-state index < -0.39 is 0 Å². The van der Waals surface area contributed by atoms with Gasteiger partial charge in [0.05, 0.1) is 11.1 Å². The largest absolute Gasteiger partial charge is 0.493 e. The fourth-order valence-electron chi connectivity index (χ4n) is 2.24. The lowest BCUT2D eigenvalue weighted by Crippen LogP contribution is -2.19. The van der Waals surface area contributed by atoms with Gasteiger partial charge in [-0.3, -0.25) is 0 Å².